The minimum atomic E-state index is -0.220. The maximum atomic E-state index is 9.43. The highest BCUT2D eigenvalue weighted by atomic mass is 16.5. The van der Waals surface area contributed by atoms with Crippen molar-refractivity contribution < 1.29 is 9.84 Å². The zero-order chi connectivity index (χ0) is 14.6. The molecule has 0 fully saturated rings. The van der Waals surface area contributed by atoms with E-state index in [-0.39, 0.29) is 12.0 Å². The second kappa shape index (κ2) is 6.10. The number of aliphatic hydroxyl groups excluding tert-OH is 1. The predicted molar refractivity (Wildman–Crippen MR) is 82.1 cm³/mol. The van der Waals surface area contributed by atoms with Crippen LogP contribution in [-0.2, 0) is 12.0 Å². The van der Waals surface area contributed by atoms with Crippen LogP contribution in [0.15, 0.2) is 48.5 Å². The smallest absolute Gasteiger partial charge is 0.122 e. The van der Waals surface area contributed by atoms with Gasteiger partial charge in [-0.1, -0.05) is 56.3 Å². The molecule has 0 radical (unpaired) electrons. The quantitative estimate of drug-likeness (QED) is 0.894. The van der Waals surface area contributed by atoms with Crippen molar-refractivity contribution >= 4 is 0 Å². The van der Waals surface area contributed by atoms with E-state index in [4.69, 9.17) is 4.74 Å². The maximum Gasteiger partial charge on any atom is 0.122 e. The van der Waals surface area contributed by atoms with E-state index in [9.17, 15) is 5.11 Å². The van der Waals surface area contributed by atoms with Gasteiger partial charge in [-0.2, -0.15) is 0 Å². The van der Waals surface area contributed by atoms with Crippen molar-refractivity contribution in [2.45, 2.75) is 32.8 Å². The van der Waals surface area contributed by atoms with Gasteiger partial charge in [0.05, 0.1) is 6.61 Å². The molecular formula is C18H22O2. The van der Waals surface area contributed by atoms with Gasteiger partial charge < -0.3 is 9.84 Å². The lowest BCUT2D eigenvalue weighted by molar-refractivity contribution is 0.218. The van der Waals surface area contributed by atoms with Crippen molar-refractivity contribution in [2.75, 3.05) is 6.61 Å². The van der Waals surface area contributed by atoms with Crippen LogP contribution in [-0.4, -0.2) is 11.7 Å². The Hall–Kier alpha value is -1.80. The molecule has 0 aliphatic heterocycles. The summed E-state index contributed by atoms with van der Waals surface area (Å²) in [7, 11) is 0. The molecule has 2 heteroatoms. The summed E-state index contributed by atoms with van der Waals surface area (Å²) >= 11 is 0. The number of aliphatic hydroxyl groups is 1. The number of hydrogen-bond acceptors (Lipinski definition) is 2. The Morgan fingerprint density at radius 1 is 1.05 bits per heavy atom. The molecule has 20 heavy (non-hydrogen) atoms. The largest absolute Gasteiger partial charge is 0.489 e. The monoisotopic (exact) mass is 270 g/mol. The molecule has 0 aliphatic carbocycles. The second-order valence-electron chi connectivity index (χ2n) is 5.80. The van der Waals surface area contributed by atoms with Crippen molar-refractivity contribution in [3.8, 4) is 5.75 Å². The molecule has 0 bridgehead atoms. The molecule has 0 aromatic heterocycles. The minimum absolute atomic E-state index is 0.136. The van der Waals surface area contributed by atoms with Crippen molar-refractivity contribution in [3.05, 3.63) is 65.2 Å². The molecular weight excluding hydrogens is 248 g/mol. The molecule has 0 saturated heterocycles. The van der Waals surface area contributed by atoms with E-state index >= 15 is 0 Å². The Kier molecular flexibility index (Phi) is 4.46. The minimum Gasteiger partial charge on any atom is -0.489 e. The van der Waals surface area contributed by atoms with Crippen LogP contribution in [0.1, 0.15) is 30.5 Å². The summed E-state index contributed by atoms with van der Waals surface area (Å²) < 4.78 is 5.86. The molecule has 0 aliphatic rings. The SMILES string of the molecule is Cc1cc(C(C)(C)CO)ccc1OCc1ccccc1. The molecule has 0 spiro atoms. The Morgan fingerprint density at radius 2 is 1.75 bits per heavy atom. The molecule has 0 unspecified atom stereocenters. The van der Waals surface area contributed by atoms with E-state index in [2.05, 4.69) is 18.2 Å². The summed E-state index contributed by atoms with van der Waals surface area (Å²) in [5.74, 6) is 0.895. The van der Waals surface area contributed by atoms with Crippen LogP contribution in [0.2, 0.25) is 0 Å². The van der Waals surface area contributed by atoms with Gasteiger partial charge in [-0.15, -0.1) is 0 Å². The van der Waals surface area contributed by atoms with Gasteiger partial charge in [-0.05, 0) is 29.7 Å². The molecule has 0 heterocycles. The van der Waals surface area contributed by atoms with Gasteiger partial charge in [0.25, 0.3) is 0 Å². The standard InChI is InChI=1S/C18H22O2/c1-14-11-16(18(2,3)13-19)9-10-17(14)20-12-15-7-5-4-6-8-15/h4-11,19H,12-13H2,1-3H3. The molecule has 0 saturated carbocycles. The summed E-state index contributed by atoms with van der Waals surface area (Å²) in [6.45, 7) is 6.82. The van der Waals surface area contributed by atoms with E-state index in [1.807, 2.05) is 51.1 Å². The van der Waals surface area contributed by atoms with Crippen LogP contribution in [0.4, 0.5) is 0 Å². The fourth-order valence-corrected chi connectivity index (χ4v) is 2.06. The van der Waals surface area contributed by atoms with Crippen molar-refractivity contribution in [2.24, 2.45) is 0 Å². The number of rotatable bonds is 5. The average Bonchev–Trinajstić information content (AvgIpc) is 2.47. The molecule has 2 rings (SSSR count). The zero-order valence-corrected chi connectivity index (χ0v) is 12.4. The van der Waals surface area contributed by atoms with Gasteiger partial charge in [-0.25, -0.2) is 0 Å². The van der Waals surface area contributed by atoms with E-state index in [0.717, 1.165) is 22.4 Å². The topological polar surface area (TPSA) is 29.5 Å². The van der Waals surface area contributed by atoms with Crippen molar-refractivity contribution in [1.82, 2.24) is 0 Å². The molecule has 2 nitrogen and oxygen atoms in total. The fourth-order valence-electron chi connectivity index (χ4n) is 2.06. The third-order valence-corrected chi connectivity index (χ3v) is 3.59. The van der Waals surface area contributed by atoms with Gasteiger partial charge in [0.2, 0.25) is 0 Å². The van der Waals surface area contributed by atoms with Crippen LogP contribution >= 0.6 is 0 Å². The van der Waals surface area contributed by atoms with Gasteiger partial charge in [0.1, 0.15) is 12.4 Å². The molecule has 0 atom stereocenters. The number of ether oxygens (including phenoxy) is 1. The van der Waals surface area contributed by atoms with E-state index in [1.54, 1.807) is 0 Å². The molecule has 1 N–H and O–H groups in total. The maximum absolute atomic E-state index is 9.43. The highest BCUT2D eigenvalue weighted by Gasteiger charge is 2.20. The van der Waals surface area contributed by atoms with Crippen LogP contribution in [0.25, 0.3) is 0 Å². The lowest BCUT2D eigenvalue weighted by Gasteiger charge is -2.23. The third-order valence-electron chi connectivity index (χ3n) is 3.59. The van der Waals surface area contributed by atoms with Gasteiger partial charge in [0, 0.05) is 5.41 Å². The summed E-state index contributed by atoms with van der Waals surface area (Å²) in [6, 6.07) is 16.2. The lowest BCUT2D eigenvalue weighted by Crippen LogP contribution is -2.22. The molecule has 106 valence electrons. The number of benzene rings is 2. The molecule has 2 aromatic carbocycles. The Bertz CT molecular complexity index is 559. The first-order chi connectivity index (χ1) is 9.53. The summed E-state index contributed by atoms with van der Waals surface area (Å²) in [4.78, 5) is 0. The van der Waals surface area contributed by atoms with Crippen molar-refractivity contribution in [1.29, 1.82) is 0 Å². The van der Waals surface area contributed by atoms with E-state index in [1.165, 1.54) is 0 Å². The number of aryl methyl sites for hydroxylation is 1. The third kappa shape index (κ3) is 3.40. The molecule has 2 aromatic rings. The summed E-state index contributed by atoms with van der Waals surface area (Å²) in [6.07, 6.45) is 0. The Morgan fingerprint density at radius 3 is 2.35 bits per heavy atom. The highest BCUT2D eigenvalue weighted by molar-refractivity contribution is 5.39. The Labute approximate surface area is 121 Å². The van der Waals surface area contributed by atoms with Crippen LogP contribution in [0, 0.1) is 6.92 Å². The van der Waals surface area contributed by atoms with Gasteiger partial charge in [0.15, 0.2) is 0 Å². The van der Waals surface area contributed by atoms with E-state index in [0.29, 0.717) is 6.61 Å². The first-order valence-electron chi connectivity index (χ1n) is 6.91. The first-order valence-corrected chi connectivity index (χ1v) is 6.91. The molecule has 0 amide bonds. The van der Waals surface area contributed by atoms with Crippen molar-refractivity contribution in [3.63, 3.8) is 0 Å². The normalized spacial score (nSPS) is 11.4. The van der Waals surface area contributed by atoms with Crippen LogP contribution in [0.5, 0.6) is 5.75 Å². The second-order valence-corrected chi connectivity index (χ2v) is 5.80. The van der Waals surface area contributed by atoms with Gasteiger partial charge in [-0.3, -0.25) is 0 Å². The zero-order valence-electron chi connectivity index (χ0n) is 12.4. The summed E-state index contributed by atoms with van der Waals surface area (Å²) in [5.41, 5.74) is 3.17. The Balaban J connectivity index is 2.11. The van der Waals surface area contributed by atoms with Crippen LogP contribution < -0.4 is 4.74 Å². The number of hydrogen-bond donors (Lipinski definition) is 1. The summed E-state index contributed by atoms with van der Waals surface area (Å²) in [5, 5.41) is 9.43. The van der Waals surface area contributed by atoms with Gasteiger partial charge >= 0.3 is 0 Å². The highest BCUT2D eigenvalue weighted by Crippen LogP contribution is 2.28. The van der Waals surface area contributed by atoms with Crippen LogP contribution in [0.3, 0.4) is 0 Å². The van der Waals surface area contributed by atoms with E-state index < -0.39 is 0 Å². The predicted octanol–water partition coefficient (Wildman–Crippen LogP) is 3.84. The first kappa shape index (κ1) is 14.6. The fraction of sp³-hybridized carbons (Fsp3) is 0.333. The lowest BCUT2D eigenvalue weighted by atomic mass is 9.85. The average molecular weight is 270 g/mol.